The summed E-state index contributed by atoms with van der Waals surface area (Å²) in [6.45, 7) is 4.62. The van der Waals surface area contributed by atoms with Crippen molar-refractivity contribution in [1.82, 2.24) is 9.88 Å². The molecule has 2 aliphatic heterocycles. The highest BCUT2D eigenvalue weighted by Gasteiger charge is 2.54. The van der Waals surface area contributed by atoms with Gasteiger partial charge in [-0.05, 0) is 67.9 Å². The molecule has 3 aromatic rings. The number of aromatic nitrogens is 1. The maximum Gasteiger partial charge on any atom is 0.514 e. The molecule has 0 spiro atoms. The van der Waals surface area contributed by atoms with Crippen molar-refractivity contribution in [2.75, 3.05) is 48.1 Å². The van der Waals surface area contributed by atoms with E-state index in [4.69, 9.17) is 37.9 Å². The van der Waals surface area contributed by atoms with Gasteiger partial charge >= 0.3 is 24.1 Å². The molecule has 6 unspecified atom stereocenters. The molecule has 14 nitrogen and oxygen atoms in total. The third kappa shape index (κ3) is 6.56. The topological polar surface area (TPSA) is 161 Å². The number of benzene rings is 2. The first-order valence-electron chi connectivity index (χ1n) is 16.6. The molecule has 50 heavy (non-hydrogen) atoms. The molecule has 1 aromatic heterocycles. The Hall–Kier alpha value is -4.82. The van der Waals surface area contributed by atoms with Crippen molar-refractivity contribution in [3.63, 3.8) is 0 Å². The van der Waals surface area contributed by atoms with Gasteiger partial charge in [0.15, 0.2) is 11.5 Å². The molecule has 0 radical (unpaired) electrons. The number of fused-ring (bicyclic) bond motifs is 6. The molecule has 6 rings (SSSR count). The number of nitrogens with one attached hydrogen (secondary N) is 1. The maximum atomic E-state index is 13.7. The van der Waals surface area contributed by atoms with Crippen LogP contribution in [0.5, 0.6) is 23.0 Å². The van der Waals surface area contributed by atoms with Gasteiger partial charge in [0.1, 0.15) is 18.0 Å². The zero-order valence-corrected chi connectivity index (χ0v) is 28.9. The molecule has 6 atom stereocenters. The Kier molecular flexibility index (Phi) is 10.2. The van der Waals surface area contributed by atoms with Crippen molar-refractivity contribution in [2.45, 2.75) is 51.4 Å². The first-order chi connectivity index (χ1) is 24.1. The Balaban J connectivity index is 1.26. The van der Waals surface area contributed by atoms with E-state index in [0.29, 0.717) is 25.1 Å². The summed E-state index contributed by atoms with van der Waals surface area (Å²) >= 11 is 0. The number of piperidine rings is 1. The molecule has 2 fully saturated rings. The van der Waals surface area contributed by atoms with E-state index in [9.17, 15) is 19.2 Å². The number of ether oxygens (including phenoxy) is 8. The van der Waals surface area contributed by atoms with E-state index >= 15 is 0 Å². The van der Waals surface area contributed by atoms with E-state index < -0.39 is 36.2 Å². The summed E-state index contributed by atoms with van der Waals surface area (Å²) < 4.78 is 43.6. The van der Waals surface area contributed by atoms with Gasteiger partial charge in [-0.3, -0.25) is 14.5 Å². The molecule has 3 heterocycles. The van der Waals surface area contributed by atoms with Crippen molar-refractivity contribution >= 4 is 35.0 Å². The summed E-state index contributed by atoms with van der Waals surface area (Å²) in [5.41, 5.74) is 3.29. The molecule has 1 aliphatic carbocycles. The molecule has 2 aromatic carbocycles. The van der Waals surface area contributed by atoms with Crippen LogP contribution < -0.4 is 18.9 Å². The molecule has 1 saturated heterocycles. The Bertz CT molecular complexity index is 1760. The number of hydrogen-bond donors (Lipinski definition) is 1. The molecule has 3 aliphatic rings. The van der Waals surface area contributed by atoms with Crippen LogP contribution >= 0.6 is 0 Å². The standard InChI is InChI=1S/C36H42N2O12/c1-7-47-36(42)50-32-27(43-3)12-19(13-28(32)44-4)34(40)49-29-14-20-17-38-11-10-23-22-9-8-21(48-18(2)39)15-25(22)37-31(23)26(38)16-24(20)30(33(29)45-5)35(41)46-6/h8-9,12-13,15,20,24,26,29-30,33,37H,7,10-11,14,16-17H2,1-6H3. The van der Waals surface area contributed by atoms with Crippen molar-refractivity contribution in [2.24, 2.45) is 17.8 Å². The molecule has 14 heteroatoms. The fourth-order valence-electron chi connectivity index (χ4n) is 7.99. The maximum absolute atomic E-state index is 13.7. The predicted octanol–water partition coefficient (Wildman–Crippen LogP) is 4.61. The molecular formula is C36H42N2O12. The summed E-state index contributed by atoms with van der Waals surface area (Å²) in [5, 5.41) is 1.08. The molecular weight excluding hydrogens is 652 g/mol. The Morgan fingerprint density at radius 2 is 1.70 bits per heavy atom. The van der Waals surface area contributed by atoms with Crippen LogP contribution in [-0.2, 0) is 35.0 Å². The largest absolute Gasteiger partial charge is 0.514 e. The summed E-state index contributed by atoms with van der Waals surface area (Å²) in [6.07, 6.45) is -0.533. The molecule has 1 N–H and O–H groups in total. The third-order valence-corrected chi connectivity index (χ3v) is 10.0. The Morgan fingerprint density at radius 3 is 2.34 bits per heavy atom. The highest BCUT2D eigenvalue weighted by atomic mass is 16.7. The highest BCUT2D eigenvalue weighted by Crippen LogP contribution is 2.51. The number of aromatic amines is 1. The monoisotopic (exact) mass is 694 g/mol. The molecule has 1 saturated carbocycles. The minimum atomic E-state index is -0.953. The van der Waals surface area contributed by atoms with Crippen LogP contribution in [0, 0.1) is 17.8 Å². The van der Waals surface area contributed by atoms with Crippen molar-refractivity contribution < 1.29 is 57.1 Å². The first-order valence-corrected chi connectivity index (χ1v) is 16.6. The van der Waals surface area contributed by atoms with Crippen LogP contribution in [0.15, 0.2) is 30.3 Å². The molecule has 0 bridgehead atoms. The van der Waals surface area contributed by atoms with Gasteiger partial charge in [0.2, 0.25) is 5.75 Å². The fourth-order valence-corrected chi connectivity index (χ4v) is 7.99. The van der Waals surface area contributed by atoms with Crippen LogP contribution in [0.3, 0.4) is 0 Å². The van der Waals surface area contributed by atoms with Gasteiger partial charge in [-0.15, -0.1) is 0 Å². The lowest BCUT2D eigenvalue weighted by atomic mass is 9.63. The van der Waals surface area contributed by atoms with Crippen LogP contribution in [0.2, 0.25) is 0 Å². The van der Waals surface area contributed by atoms with Gasteiger partial charge in [-0.2, -0.15) is 0 Å². The summed E-state index contributed by atoms with van der Waals surface area (Å²) in [4.78, 5) is 56.8. The van der Waals surface area contributed by atoms with E-state index in [-0.39, 0.29) is 53.3 Å². The van der Waals surface area contributed by atoms with E-state index in [1.807, 2.05) is 12.1 Å². The van der Waals surface area contributed by atoms with Crippen LogP contribution in [0.25, 0.3) is 10.9 Å². The van der Waals surface area contributed by atoms with Crippen LogP contribution in [-0.4, -0.2) is 94.3 Å². The zero-order valence-electron chi connectivity index (χ0n) is 28.9. The quantitative estimate of drug-likeness (QED) is 0.143. The van der Waals surface area contributed by atoms with Crippen LogP contribution in [0.1, 0.15) is 54.3 Å². The summed E-state index contributed by atoms with van der Waals surface area (Å²) in [6, 6.07) is 8.41. The van der Waals surface area contributed by atoms with Crippen molar-refractivity contribution in [1.29, 1.82) is 0 Å². The number of H-pyrrole nitrogens is 1. The van der Waals surface area contributed by atoms with E-state index in [2.05, 4.69) is 9.88 Å². The highest BCUT2D eigenvalue weighted by molar-refractivity contribution is 5.92. The third-order valence-electron chi connectivity index (χ3n) is 10.0. The van der Waals surface area contributed by atoms with Crippen molar-refractivity contribution in [3.8, 4) is 23.0 Å². The van der Waals surface area contributed by atoms with Gasteiger partial charge < -0.3 is 42.9 Å². The summed E-state index contributed by atoms with van der Waals surface area (Å²) in [7, 11) is 5.58. The van der Waals surface area contributed by atoms with E-state index in [1.165, 1.54) is 53.1 Å². The Labute approximate surface area is 289 Å². The van der Waals surface area contributed by atoms with Gasteiger partial charge in [0.25, 0.3) is 0 Å². The van der Waals surface area contributed by atoms with E-state index in [1.54, 1.807) is 13.0 Å². The number of rotatable bonds is 9. The van der Waals surface area contributed by atoms with Crippen LogP contribution in [0.4, 0.5) is 4.79 Å². The lowest BCUT2D eigenvalue weighted by molar-refractivity contribution is -0.176. The lowest BCUT2D eigenvalue weighted by Gasteiger charge is -2.52. The molecule has 268 valence electrons. The minimum absolute atomic E-state index is 0.00507. The summed E-state index contributed by atoms with van der Waals surface area (Å²) in [5.74, 6) is -1.76. The number of methoxy groups -OCH3 is 4. The Morgan fingerprint density at radius 1 is 0.960 bits per heavy atom. The predicted molar refractivity (Wildman–Crippen MR) is 177 cm³/mol. The van der Waals surface area contributed by atoms with Gasteiger partial charge in [0.05, 0.1) is 45.5 Å². The van der Waals surface area contributed by atoms with Gasteiger partial charge in [-0.25, -0.2) is 9.59 Å². The second-order valence-corrected chi connectivity index (χ2v) is 12.7. The average Bonchev–Trinajstić information content (AvgIpc) is 3.48. The fraction of sp³-hybridized carbons (Fsp3) is 0.500. The SMILES string of the molecule is CCOC(=O)Oc1c(OC)cc(C(=O)OC2CC3CN4CCc5c([nH]c6cc(OC(C)=O)ccc56)C4CC3C(C(=O)OC)C2OC)cc1OC. The molecule has 0 amide bonds. The second-order valence-electron chi connectivity index (χ2n) is 12.7. The van der Waals surface area contributed by atoms with Gasteiger partial charge in [-0.1, -0.05) is 0 Å². The number of carbonyl (C=O) groups is 4. The zero-order chi connectivity index (χ0) is 35.7. The average molecular weight is 695 g/mol. The first kappa shape index (κ1) is 35.0. The number of hydrogen-bond acceptors (Lipinski definition) is 13. The van der Waals surface area contributed by atoms with E-state index in [0.717, 1.165) is 29.6 Å². The number of nitrogens with zero attached hydrogens (tertiary/aromatic N) is 1. The van der Waals surface area contributed by atoms with Gasteiger partial charge in [0, 0.05) is 49.8 Å². The normalized spacial score (nSPS) is 24.2. The lowest BCUT2D eigenvalue weighted by Crippen LogP contribution is -2.58. The minimum Gasteiger partial charge on any atom is -0.493 e. The second kappa shape index (κ2) is 14.6. The smallest absolute Gasteiger partial charge is 0.493 e. The number of carbonyl (C=O) groups excluding carboxylic acids is 4. The number of esters is 3. The van der Waals surface area contributed by atoms with Crippen molar-refractivity contribution in [3.05, 3.63) is 47.2 Å².